The van der Waals surface area contributed by atoms with Gasteiger partial charge in [-0.3, -0.25) is 0 Å². The Balaban J connectivity index is 1.41. The van der Waals surface area contributed by atoms with Gasteiger partial charge < -0.3 is 20.1 Å². The van der Waals surface area contributed by atoms with Crippen LogP contribution in [0.4, 0.5) is 14.5 Å². The Labute approximate surface area is 198 Å². The maximum absolute atomic E-state index is 15.5. The van der Waals surface area contributed by atoms with Crippen LogP contribution in [0, 0.1) is 11.8 Å². The summed E-state index contributed by atoms with van der Waals surface area (Å²) in [7, 11) is 0. The number of nitrogens with zero attached hydrogens (tertiary/aromatic N) is 3. The molecule has 2 N–H and O–H groups in total. The van der Waals surface area contributed by atoms with Gasteiger partial charge in [-0.2, -0.15) is 4.39 Å². The standard InChI is InChI=1S/C25H20F2N4O2S/c26-20-9-14(31-10-16-7-15(31)11-32-16)8-19-22(20)33-21-4-3-13(17-2-1-5-29-23(17)27)6-18(21)25(19)12-34-24(28)30-25/h1-6,8-9,15-16H,7,10-12H2,(H2,28,30)/t15-,16-,25?/m0/s1. The monoisotopic (exact) mass is 478 g/mol. The first-order valence-electron chi connectivity index (χ1n) is 11.2. The highest BCUT2D eigenvalue weighted by molar-refractivity contribution is 8.14. The first-order chi connectivity index (χ1) is 16.5. The number of hydrogen-bond donors (Lipinski definition) is 1. The van der Waals surface area contributed by atoms with E-state index in [9.17, 15) is 4.39 Å². The lowest BCUT2D eigenvalue weighted by Crippen LogP contribution is -2.37. The zero-order chi connectivity index (χ0) is 23.0. The molecule has 4 aliphatic rings. The van der Waals surface area contributed by atoms with Crippen molar-refractivity contribution in [3.8, 4) is 22.6 Å². The van der Waals surface area contributed by atoms with Crippen LogP contribution in [0.15, 0.2) is 53.7 Å². The quantitative estimate of drug-likeness (QED) is 0.550. The molecule has 0 radical (unpaired) electrons. The van der Waals surface area contributed by atoms with Gasteiger partial charge in [-0.25, -0.2) is 14.4 Å². The molecule has 9 heteroatoms. The third-order valence-corrected chi connectivity index (χ3v) is 8.09. The molecule has 34 heavy (non-hydrogen) atoms. The molecule has 2 bridgehead atoms. The van der Waals surface area contributed by atoms with E-state index in [0.29, 0.717) is 40.0 Å². The number of nitrogens with two attached hydrogens (primary N) is 1. The van der Waals surface area contributed by atoms with Crippen LogP contribution < -0.4 is 15.4 Å². The lowest BCUT2D eigenvalue weighted by atomic mass is 9.80. The van der Waals surface area contributed by atoms with Crippen molar-refractivity contribution in [2.45, 2.75) is 24.1 Å². The molecule has 1 spiro atoms. The zero-order valence-electron chi connectivity index (χ0n) is 18.0. The molecular formula is C25H20F2N4O2S. The van der Waals surface area contributed by atoms with E-state index in [2.05, 4.69) is 9.88 Å². The third kappa shape index (κ3) is 2.83. The van der Waals surface area contributed by atoms with Crippen molar-refractivity contribution in [1.29, 1.82) is 0 Å². The van der Waals surface area contributed by atoms with Crippen molar-refractivity contribution in [2.24, 2.45) is 10.7 Å². The summed E-state index contributed by atoms with van der Waals surface area (Å²) in [4.78, 5) is 10.8. The van der Waals surface area contributed by atoms with Gasteiger partial charge >= 0.3 is 0 Å². The molecule has 5 heterocycles. The van der Waals surface area contributed by atoms with E-state index < -0.39 is 17.3 Å². The molecule has 0 amide bonds. The normalized spacial score (nSPS) is 26.4. The van der Waals surface area contributed by atoms with E-state index >= 15 is 4.39 Å². The average molecular weight is 479 g/mol. The van der Waals surface area contributed by atoms with E-state index in [1.807, 2.05) is 12.1 Å². The highest BCUT2D eigenvalue weighted by Crippen LogP contribution is 2.55. The van der Waals surface area contributed by atoms with Crippen LogP contribution in [0.2, 0.25) is 0 Å². The van der Waals surface area contributed by atoms with Crippen molar-refractivity contribution >= 4 is 22.6 Å². The minimum absolute atomic E-state index is 0.163. The highest BCUT2D eigenvalue weighted by atomic mass is 32.2. The smallest absolute Gasteiger partial charge is 0.220 e. The number of thioether (sulfide) groups is 1. The summed E-state index contributed by atoms with van der Waals surface area (Å²) in [5.41, 5.74) is 8.40. The number of hydrogen-bond acceptors (Lipinski definition) is 7. The van der Waals surface area contributed by atoms with Crippen molar-refractivity contribution in [3.05, 3.63) is 71.6 Å². The van der Waals surface area contributed by atoms with Crippen LogP contribution in [0.25, 0.3) is 11.1 Å². The molecule has 0 aliphatic carbocycles. The Morgan fingerprint density at radius 2 is 2.06 bits per heavy atom. The molecule has 1 aromatic heterocycles. The van der Waals surface area contributed by atoms with E-state index in [4.69, 9.17) is 20.2 Å². The second kappa shape index (κ2) is 7.16. The first-order valence-corrected chi connectivity index (χ1v) is 12.1. The number of ether oxygens (including phenoxy) is 2. The fourth-order valence-corrected chi connectivity index (χ4v) is 6.50. The summed E-state index contributed by atoms with van der Waals surface area (Å²) in [6, 6.07) is 12.5. The van der Waals surface area contributed by atoms with Gasteiger partial charge in [0.15, 0.2) is 16.7 Å². The van der Waals surface area contributed by atoms with Crippen molar-refractivity contribution in [3.63, 3.8) is 0 Å². The summed E-state index contributed by atoms with van der Waals surface area (Å²) in [6.07, 6.45) is 2.55. The molecule has 3 aromatic rings. The summed E-state index contributed by atoms with van der Waals surface area (Å²) in [5.74, 6) is 0.154. The molecule has 6 nitrogen and oxygen atoms in total. The van der Waals surface area contributed by atoms with E-state index in [1.54, 1.807) is 24.3 Å². The molecule has 172 valence electrons. The van der Waals surface area contributed by atoms with Crippen LogP contribution in [0.5, 0.6) is 11.5 Å². The van der Waals surface area contributed by atoms with Crippen molar-refractivity contribution in [1.82, 2.24) is 4.98 Å². The van der Waals surface area contributed by atoms with E-state index in [-0.39, 0.29) is 17.9 Å². The third-order valence-electron chi connectivity index (χ3n) is 7.14. The number of aliphatic imine (C=N–C) groups is 1. The van der Waals surface area contributed by atoms with Crippen LogP contribution in [0.3, 0.4) is 0 Å². The second-order valence-corrected chi connectivity index (χ2v) is 10.1. The number of aromatic nitrogens is 1. The van der Waals surface area contributed by atoms with Gasteiger partial charge in [0.2, 0.25) is 5.95 Å². The fourth-order valence-electron chi connectivity index (χ4n) is 5.54. The van der Waals surface area contributed by atoms with Crippen molar-refractivity contribution in [2.75, 3.05) is 23.8 Å². The summed E-state index contributed by atoms with van der Waals surface area (Å²) in [6.45, 7) is 1.38. The predicted octanol–water partition coefficient (Wildman–Crippen LogP) is 4.42. The van der Waals surface area contributed by atoms with Crippen LogP contribution in [0.1, 0.15) is 17.5 Å². The Kier molecular flexibility index (Phi) is 4.26. The Hall–Kier alpha value is -3.17. The lowest BCUT2D eigenvalue weighted by molar-refractivity contribution is 0.0991. The lowest BCUT2D eigenvalue weighted by Gasteiger charge is -2.37. The first kappa shape index (κ1) is 20.2. The Morgan fingerprint density at radius 3 is 2.79 bits per heavy atom. The summed E-state index contributed by atoms with van der Waals surface area (Å²) in [5, 5.41) is 0.427. The van der Waals surface area contributed by atoms with Crippen molar-refractivity contribution < 1.29 is 18.3 Å². The molecule has 1 unspecified atom stereocenters. The zero-order valence-corrected chi connectivity index (χ0v) is 18.8. The van der Waals surface area contributed by atoms with Crippen LogP contribution in [-0.4, -0.2) is 41.2 Å². The molecule has 7 rings (SSSR count). The molecule has 4 aliphatic heterocycles. The van der Waals surface area contributed by atoms with Gasteiger partial charge in [-0.05, 0) is 42.3 Å². The second-order valence-electron chi connectivity index (χ2n) is 9.06. The number of halogens is 2. The molecule has 2 saturated heterocycles. The van der Waals surface area contributed by atoms with Crippen LogP contribution in [-0.2, 0) is 10.3 Å². The molecular weight excluding hydrogens is 458 g/mol. The topological polar surface area (TPSA) is 73.0 Å². The fraction of sp³-hybridized carbons (Fsp3) is 0.280. The molecule has 2 aromatic carbocycles. The number of benzene rings is 2. The van der Waals surface area contributed by atoms with Gasteiger partial charge in [0.25, 0.3) is 0 Å². The minimum atomic E-state index is -0.932. The van der Waals surface area contributed by atoms with Gasteiger partial charge in [0.05, 0.1) is 18.8 Å². The number of morpholine rings is 1. The number of pyridine rings is 1. The van der Waals surface area contributed by atoms with Crippen LogP contribution >= 0.6 is 11.8 Å². The van der Waals surface area contributed by atoms with Gasteiger partial charge in [-0.1, -0.05) is 17.8 Å². The predicted molar refractivity (Wildman–Crippen MR) is 126 cm³/mol. The summed E-state index contributed by atoms with van der Waals surface area (Å²) < 4.78 is 41.8. The number of anilines is 1. The maximum atomic E-state index is 15.5. The van der Waals surface area contributed by atoms with Gasteiger partial charge in [0, 0.05) is 46.9 Å². The number of fused-ring (bicyclic) bond motifs is 6. The molecule has 3 atom stereocenters. The average Bonchev–Trinajstić information content (AvgIpc) is 3.57. The maximum Gasteiger partial charge on any atom is 0.220 e. The number of rotatable bonds is 2. The highest BCUT2D eigenvalue weighted by Gasteiger charge is 2.48. The SMILES string of the molecule is NC1=NC2(CS1)c1cc(-c3cccnc3F)ccc1Oc1c(F)cc(N3C[C@@H]4C[C@H]3CO4)cc12. The largest absolute Gasteiger partial charge is 0.453 e. The minimum Gasteiger partial charge on any atom is -0.453 e. The summed E-state index contributed by atoms with van der Waals surface area (Å²) >= 11 is 1.42. The number of amidine groups is 1. The van der Waals surface area contributed by atoms with Gasteiger partial charge in [-0.15, -0.1) is 0 Å². The molecule has 2 fully saturated rings. The molecule has 0 saturated carbocycles. The van der Waals surface area contributed by atoms with E-state index in [1.165, 1.54) is 24.0 Å². The van der Waals surface area contributed by atoms with E-state index in [0.717, 1.165) is 24.2 Å². The Bertz CT molecular complexity index is 1380. The Morgan fingerprint density at radius 1 is 1.15 bits per heavy atom. The van der Waals surface area contributed by atoms with Gasteiger partial charge in [0.1, 0.15) is 11.3 Å².